The number of nitrogens with zero attached hydrogens (tertiary/aromatic N) is 2. The van der Waals surface area contributed by atoms with Crippen molar-refractivity contribution in [3.8, 4) is 0 Å². The standard InChI is InChI=1S/C26H46N2O3/c1-3-4-5-6-7-8-9-10-11-12-13-14-15-16-17-18-26(30)31-22-21-28-20-19-27-24(2)23-25(28)29/h10-11H,3-9,12-23H2,1-2H3. The Hall–Kier alpha value is -1.65. The van der Waals surface area contributed by atoms with Crippen molar-refractivity contribution in [3.63, 3.8) is 0 Å². The van der Waals surface area contributed by atoms with Crippen molar-refractivity contribution >= 4 is 17.6 Å². The molecule has 0 N–H and O–H groups in total. The molecule has 1 aliphatic heterocycles. The van der Waals surface area contributed by atoms with E-state index in [1.54, 1.807) is 4.90 Å². The van der Waals surface area contributed by atoms with Gasteiger partial charge in [0, 0.05) is 18.7 Å². The van der Waals surface area contributed by atoms with Gasteiger partial charge in [0.15, 0.2) is 0 Å². The van der Waals surface area contributed by atoms with E-state index in [0.29, 0.717) is 32.5 Å². The topological polar surface area (TPSA) is 59.0 Å². The van der Waals surface area contributed by atoms with E-state index < -0.39 is 0 Å². The summed E-state index contributed by atoms with van der Waals surface area (Å²) in [5.74, 6) is -0.0700. The van der Waals surface area contributed by atoms with Crippen molar-refractivity contribution < 1.29 is 14.3 Å². The molecule has 1 rings (SSSR count). The molecule has 0 saturated carbocycles. The number of hydrogen-bond acceptors (Lipinski definition) is 4. The fourth-order valence-electron chi connectivity index (χ4n) is 3.79. The van der Waals surface area contributed by atoms with Crippen LogP contribution in [0.2, 0.25) is 0 Å². The number of allylic oxidation sites excluding steroid dienone is 2. The lowest BCUT2D eigenvalue weighted by Gasteiger charge is -2.19. The van der Waals surface area contributed by atoms with Gasteiger partial charge in [-0.2, -0.15) is 0 Å². The van der Waals surface area contributed by atoms with E-state index in [9.17, 15) is 9.59 Å². The molecule has 5 nitrogen and oxygen atoms in total. The van der Waals surface area contributed by atoms with Gasteiger partial charge in [0.1, 0.15) is 6.61 Å². The van der Waals surface area contributed by atoms with E-state index in [0.717, 1.165) is 18.6 Å². The molecule has 0 aromatic carbocycles. The highest BCUT2D eigenvalue weighted by molar-refractivity contribution is 6.00. The van der Waals surface area contributed by atoms with E-state index in [-0.39, 0.29) is 18.5 Å². The molecule has 1 aliphatic rings. The fourth-order valence-corrected chi connectivity index (χ4v) is 3.79. The lowest BCUT2D eigenvalue weighted by atomic mass is 10.1. The zero-order chi connectivity index (χ0) is 22.6. The Labute approximate surface area is 190 Å². The SMILES string of the molecule is CCCCCCCCC=CCCCCCCCC(=O)OCCN1CCN=C(C)CC1=O. The Kier molecular flexibility index (Phi) is 16.8. The first-order valence-corrected chi connectivity index (χ1v) is 12.7. The summed E-state index contributed by atoms with van der Waals surface area (Å²) < 4.78 is 5.30. The molecule has 0 saturated heterocycles. The van der Waals surface area contributed by atoms with Crippen LogP contribution in [-0.2, 0) is 14.3 Å². The number of amides is 1. The zero-order valence-electron chi connectivity index (χ0n) is 20.2. The Balaban J connectivity index is 1.87. The third-order valence-corrected chi connectivity index (χ3v) is 5.78. The largest absolute Gasteiger partial charge is 0.464 e. The third kappa shape index (κ3) is 15.8. The number of carbonyl (C=O) groups excluding carboxylic acids is 2. The predicted octanol–water partition coefficient (Wildman–Crippen LogP) is 6.26. The Morgan fingerprint density at radius 2 is 1.58 bits per heavy atom. The number of hydrogen-bond donors (Lipinski definition) is 0. The minimum Gasteiger partial charge on any atom is -0.464 e. The Morgan fingerprint density at radius 3 is 2.26 bits per heavy atom. The summed E-state index contributed by atoms with van der Waals surface area (Å²) in [7, 11) is 0. The summed E-state index contributed by atoms with van der Waals surface area (Å²) in [5, 5.41) is 0. The van der Waals surface area contributed by atoms with Crippen LogP contribution in [0, 0.1) is 0 Å². The van der Waals surface area contributed by atoms with Crippen LogP contribution in [0.4, 0.5) is 0 Å². The van der Waals surface area contributed by atoms with Crippen molar-refractivity contribution in [1.82, 2.24) is 4.90 Å². The summed E-state index contributed by atoms with van der Waals surface area (Å²) in [6.07, 6.45) is 21.8. The highest BCUT2D eigenvalue weighted by Crippen LogP contribution is 2.10. The van der Waals surface area contributed by atoms with Crippen LogP contribution in [0.25, 0.3) is 0 Å². The first kappa shape index (κ1) is 27.4. The molecule has 0 fully saturated rings. The molecule has 0 radical (unpaired) electrons. The second-order valence-corrected chi connectivity index (χ2v) is 8.73. The summed E-state index contributed by atoms with van der Waals surface area (Å²) >= 11 is 0. The summed E-state index contributed by atoms with van der Waals surface area (Å²) in [4.78, 5) is 30.0. The van der Waals surface area contributed by atoms with Gasteiger partial charge in [-0.15, -0.1) is 0 Å². The van der Waals surface area contributed by atoms with Gasteiger partial charge < -0.3 is 9.64 Å². The average Bonchev–Trinajstić information content (AvgIpc) is 2.90. The zero-order valence-corrected chi connectivity index (χ0v) is 20.2. The molecule has 5 heteroatoms. The van der Waals surface area contributed by atoms with Gasteiger partial charge in [-0.3, -0.25) is 14.6 Å². The van der Waals surface area contributed by atoms with Gasteiger partial charge in [0.2, 0.25) is 5.91 Å². The normalized spacial score (nSPS) is 14.7. The first-order chi connectivity index (χ1) is 15.1. The average molecular weight is 435 g/mol. The van der Waals surface area contributed by atoms with E-state index in [2.05, 4.69) is 24.1 Å². The first-order valence-electron chi connectivity index (χ1n) is 12.7. The molecule has 178 valence electrons. The van der Waals surface area contributed by atoms with Crippen LogP contribution in [0.5, 0.6) is 0 Å². The molecule has 0 bridgehead atoms. The lowest BCUT2D eigenvalue weighted by Crippen LogP contribution is -2.35. The molecule has 0 unspecified atom stereocenters. The molecular formula is C26H46N2O3. The maximum Gasteiger partial charge on any atom is 0.305 e. The molecular weight excluding hydrogens is 388 g/mol. The van der Waals surface area contributed by atoms with E-state index >= 15 is 0 Å². The highest BCUT2D eigenvalue weighted by atomic mass is 16.5. The van der Waals surface area contributed by atoms with Crippen molar-refractivity contribution in [3.05, 3.63) is 12.2 Å². The van der Waals surface area contributed by atoms with Crippen molar-refractivity contribution in [2.24, 2.45) is 4.99 Å². The summed E-state index contributed by atoms with van der Waals surface area (Å²) in [6.45, 7) is 6.16. The number of aliphatic imine (C=N–C) groups is 1. The number of esters is 1. The number of unbranched alkanes of at least 4 members (excludes halogenated alkanes) is 11. The third-order valence-electron chi connectivity index (χ3n) is 5.78. The minimum absolute atomic E-state index is 0.0760. The maximum atomic E-state index is 12.0. The predicted molar refractivity (Wildman–Crippen MR) is 130 cm³/mol. The van der Waals surface area contributed by atoms with Gasteiger partial charge in [0.05, 0.1) is 19.5 Å². The second kappa shape index (κ2) is 19.1. The molecule has 0 spiro atoms. The van der Waals surface area contributed by atoms with Gasteiger partial charge in [0.25, 0.3) is 0 Å². The van der Waals surface area contributed by atoms with Crippen LogP contribution >= 0.6 is 0 Å². The summed E-state index contributed by atoms with van der Waals surface area (Å²) in [5.41, 5.74) is 0.883. The van der Waals surface area contributed by atoms with Crippen LogP contribution < -0.4 is 0 Å². The fraction of sp³-hybridized carbons (Fsp3) is 0.808. The summed E-state index contributed by atoms with van der Waals surface area (Å²) in [6, 6.07) is 0. The lowest BCUT2D eigenvalue weighted by molar-refractivity contribution is -0.145. The molecule has 0 aromatic rings. The second-order valence-electron chi connectivity index (χ2n) is 8.73. The quantitative estimate of drug-likeness (QED) is 0.145. The van der Waals surface area contributed by atoms with Gasteiger partial charge in [-0.25, -0.2) is 0 Å². The Morgan fingerprint density at radius 1 is 0.968 bits per heavy atom. The monoisotopic (exact) mass is 434 g/mol. The number of ether oxygens (including phenoxy) is 1. The van der Waals surface area contributed by atoms with Crippen LogP contribution in [0.3, 0.4) is 0 Å². The Bertz CT molecular complexity index is 543. The van der Waals surface area contributed by atoms with Crippen molar-refractivity contribution in [2.45, 2.75) is 110 Å². The maximum absolute atomic E-state index is 12.0. The van der Waals surface area contributed by atoms with Crippen LogP contribution in [-0.4, -0.2) is 48.7 Å². The highest BCUT2D eigenvalue weighted by Gasteiger charge is 2.17. The number of carbonyl (C=O) groups is 2. The number of rotatable bonds is 18. The van der Waals surface area contributed by atoms with Gasteiger partial charge >= 0.3 is 5.97 Å². The van der Waals surface area contributed by atoms with Gasteiger partial charge in [-0.1, -0.05) is 70.4 Å². The van der Waals surface area contributed by atoms with E-state index in [1.165, 1.54) is 70.6 Å². The van der Waals surface area contributed by atoms with Crippen LogP contribution in [0.1, 0.15) is 110 Å². The molecule has 0 aromatic heterocycles. The molecule has 0 aliphatic carbocycles. The molecule has 1 heterocycles. The van der Waals surface area contributed by atoms with E-state index in [1.807, 2.05) is 6.92 Å². The molecule has 31 heavy (non-hydrogen) atoms. The van der Waals surface area contributed by atoms with Crippen molar-refractivity contribution in [2.75, 3.05) is 26.2 Å². The van der Waals surface area contributed by atoms with Crippen LogP contribution in [0.15, 0.2) is 17.1 Å². The molecule has 0 atom stereocenters. The molecule has 1 amide bonds. The van der Waals surface area contributed by atoms with Gasteiger partial charge in [-0.05, 0) is 39.0 Å². The van der Waals surface area contributed by atoms with Crippen molar-refractivity contribution in [1.29, 1.82) is 0 Å². The minimum atomic E-state index is -0.146. The van der Waals surface area contributed by atoms with E-state index in [4.69, 9.17) is 4.74 Å². The smallest absolute Gasteiger partial charge is 0.305 e.